The Hall–Kier alpha value is -0.0800. The Bertz CT molecular complexity index is 125. The Balaban J connectivity index is 2.36. The molecule has 1 heterocycles. The van der Waals surface area contributed by atoms with Gasteiger partial charge in [0.2, 0.25) is 0 Å². The van der Waals surface area contributed by atoms with Crippen LogP contribution in [0.1, 0.15) is 33.6 Å². The zero-order chi connectivity index (χ0) is 8.97. The predicted molar refractivity (Wildman–Crippen MR) is 51.3 cm³/mol. The summed E-state index contributed by atoms with van der Waals surface area (Å²) in [5.41, 5.74) is 0. The normalized spacial score (nSPS) is 31.0. The summed E-state index contributed by atoms with van der Waals surface area (Å²) in [6.07, 6.45) is 3.33. The van der Waals surface area contributed by atoms with Crippen LogP contribution in [0.2, 0.25) is 0 Å². The fourth-order valence-electron chi connectivity index (χ4n) is 1.86. The Morgan fingerprint density at radius 3 is 2.83 bits per heavy atom. The van der Waals surface area contributed by atoms with Gasteiger partial charge in [0.25, 0.3) is 0 Å². The van der Waals surface area contributed by atoms with E-state index < -0.39 is 0 Å². The van der Waals surface area contributed by atoms with Crippen molar-refractivity contribution in [2.75, 3.05) is 13.1 Å². The first-order valence-electron chi connectivity index (χ1n) is 5.10. The van der Waals surface area contributed by atoms with Gasteiger partial charge in [-0.3, -0.25) is 0 Å². The van der Waals surface area contributed by atoms with Crippen LogP contribution >= 0.6 is 0 Å². The summed E-state index contributed by atoms with van der Waals surface area (Å²) in [5.74, 6) is 0.772. The van der Waals surface area contributed by atoms with Gasteiger partial charge in [-0.05, 0) is 32.7 Å². The van der Waals surface area contributed by atoms with Crippen molar-refractivity contribution < 1.29 is 4.74 Å². The minimum Gasteiger partial charge on any atom is -0.374 e. The first-order valence-corrected chi connectivity index (χ1v) is 5.10. The van der Waals surface area contributed by atoms with Crippen LogP contribution < -0.4 is 5.32 Å². The third kappa shape index (κ3) is 2.76. The molecule has 1 N–H and O–H groups in total. The van der Waals surface area contributed by atoms with Gasteiger partial charge in [-0.15, -0.1) is 0 Å². The first kappa shape index (κ1) is 10.0. The summed E-state index contributed by atoms with van der Waals surface area (Å²) in [6.45, 7) is 8.68. The Morgan fingerprint density at radius 1 is 1.50 bits per heavy atom. The lowest BCUT2D eigenvalue weighted by Crippen LogP contribution is -2.43. The third-order valence-electron chi connectivity index (χ3n) is 2.53. The molecule has 1 fully saturated rings. The summed E-state index contributed by atoms with van der Waals surface area (Å²) in [4.78, 5) is 0. The third-order valence-corrected chi connectivity index (χ3v) is 2.53. The van der Waals surface area contributed by atoms with Crippen LogP contribution in [0.25, 0.3) is 0 Å². The predicted octanol–water partition coefficient (Wildman–Crippen LogP) is 1.80. The van der Waals surface area contributed by atoms with Gasteiger partial charge in [0, 0.05) is 6.54 Å². The Labute approximate surface area is 75.7 Å². The molecule has 0 amide bonds. The van der Waals surface area contributed by atoms with E-state index in [1.807, 2.05) is 0 Å². The van der Waals surface area contributed by atoms with E-state index in [9.17, 15) is 0 Å². The van der Waals surface area contributed by atoms with Crippen molar-refractivity contribution in [2.45, 2.75) is 45.8 Å². The fraction of sp³-hybridized carbons (Fsp3) is 1.00. The summed E-state index contributed by atoms with van der Waals surface area (Å²) >= 11 is 0. The van der Waals surface area contributed by atoms with Gasteiger partial charge in [0.15, 0.2) is 0 Å². The van der Waals surface area contributed by atoms with Crippen molar-refractivity contribution in [3.8, 4) is 0 Å². The molecule has 0 spiro atoms. The van der Waals surface area contributed by atoms with Crippen LogP contribution in [0, 0.1) is 5.92 Å². The topological polar surface area (TPSA) is 21.3 Å². The molecule has 12 heavy (non-hydrogen) atoms. The van der Waals surface area contributed by atoms with E-state index in [0.29, 0.717) is 12.2 Å². The minimum absolute atomic E-state index is 0.365. The molecule has 0 radical (unpaired) electrons. The maximum atomic E-state index is 5.83. The lowest BCUT2D eigenvalue weighted by molar-refractivity contribution is -0.0377. The second-order valence-electron chi connectivity index (χ2n) is 3.88. The molecule has 0 aromatic carbocycles. The zero-order valence-electron chi connectivity index (χ0n) is 8.47. The van der Waals surface area contributed by atoms with Gasteiger partial charge in [-0.2, -0.15) is 0 Å². The fourth-order valence-corrected chi connectivity index (χ4v) is 1.86. The maximum Gasteiger partial charge on any atom is 0.0731 e. The lowest BCUT2D eigenvalue weighted by Gasteiger charge is -2.32. The molecule has 0 aliphatic carbocycles. The van der Waals surface area contributed by atoms with Crippen molar-refractivity contribution in [1.29, 1.82) is 0 Å². The van der Waals surface area contributed by atoms with Gasteiger partial charge in [-0.25, -0.2) is 0 Å². The molecule has 0 aromatic heterocycles. The minimum atomic E-state index is 0.365. The highest BCUT2D eigenvalue weighted by molar-refractivity contribution is 4.78. The lowest BCUT2D eigenvalue weighted by atomic mass is 9.92. The number of ether oxygens (including phenoxy) is 1. The molecule has 0 saturated carbocycles. The maximum absolute atomic E-state index is 5.83. The summed E-state index contributed by atoms with van der Waals surface area (Å²) < 4.78 is 5.83. The molecular weight excluding hydrogens is 150 g/mol. The SMILES string of the molecule is CCC1CCNCC1OC(C)C. The Morgan fingerprint density at radius 2 is 2.25 bits per heavy atom. The van der Waals surface area contributed by atoms with Crippen LogP contribution in [0.3, 0.4) is 0 Å². The van der Waals surface area contributed by atoms with E-state index in [4.69, 9.17) is 4.74 Å². The van der Waals surface area contributed by atoms with Crippen molar-refractivity contribution in [3.63, 3.8) is 0 Å². The first-order chi connectivity index (χ1) is 5.74. The monoisotopic (exact) mass is 171 g/mol. The average Bonchev–Trinajstić information content (AvgIpc) is 2.04. The van der Waals surface area contributed by atoms with Crippen molar-refractivity contribution in [1.82, 2.24) is 5.32 Å². The number of hydrogen-bond acceptors (Lipinski definition) is 2. The van der Waals surface area contributed by atoms with Gasteiger partial charge < -0.3 is 10.1 Å². The molecule has 1 aliphatic heterocycles. The van der Waals surface area contributed by atoms with Crippen molar-refractivity contribution in [3.05, 3.63) is 0 Å². The molecule has 72 valence electrons. The molecule has 1 saturated heterocycles. The summed E-state index contributed by atoms with van der Waals surface area (Å²) in [6, 6.07) is 0. The van der Waals surface area contributed by atoms with E-state index in [0.717, 1.165) is 19.0 Å². The second-order valence-corrected chi connectivity index (χ2v) is 3.88. The zero-order valence-corrected chi connectivity index (χ0v) is 8.47. The molecule has 2 nitrogen and oxygen atoms in total. The van der Waals surface area contributed by atoms with Crippen LogP contribution in [-0.4, -0.2) is 25.3 Å². The summed E-state index contributed by atoms with van der Waals surface area (Å²) in [5, 5.41) is 3.38. The molecule has 1 rings (SSSR count). The molecule has 0 aromatic rings. The van der Waals surface area contributed by atoms with E-state index >= 15 is 0 Å². The molecule has 0 bridgehead atoms. The molecule has 2 heteroatoms. The highest BCUT2D eigenvalue weighted by Crippen LogP contribution is 2.19. The van der Waals surface area contributed by atoms with E-state index in [-0.39, 0.29) is 0 Å². The summed E-state index contributed by atoms with van der Waals surface area (Å²) in [7, 11) is 0. The second kappa shape index (κ2) is 4.83. The number of piperidine rings is 1. The smallest absolute Gasteiger partial charge is 0.0731 e. The highest BCUT2D eigenvalue weighted by Gasteiger charge is 2.24. The van der Waals surface area contributed by atoms with Crippen molar-refractivity contribution >= 4 is 0 Å². The van der Waals surface area contributed by atoms with Crippen LogP contribution in [0.5, 0.6) is 0 Å². The average molecular weight is 171 g/mol. The van der Waals surface area contributed by atoms with E-state index in [2.05, 4.69) is 26.1 Å². The van der Waals surface area contributed by atoms with Crippen LogP contribution in [-0.2, 0) is 4.74 Å². The quantitative estimate of drug-likeness (QED) is 0.699. The van der Waals surface area contributed by atoms with Gasteiger partial charge >= 0.3 is 0 Å². The Kier molecular flexibility index (Phi) is 4.02. The molecule has 2 atom stereocenters. The van der Waals surface area contributed by atoms with Crippen LogP contribution in [0.15, 0.2) is 0 Å². The standard InChI is InChI=1S/C10H21NO/c1-4-9-5-6-11-7-10(9)12-8(2)3/h8-11H,4-7H2,1-3H3. The number of hydrogen-bond donors (Lipinski definition) is 1. The van der Waals surface area contributed by atoms with Gasteiger partial charge in [0.05, 0.1) is 12.2 Å². The molecule has 2 unspecified atom stereocenters. The number of nitrogens with one attached hydrogen (secondary N) is 1. The number of rotatable bonds is 3. The van der Waals surface area contributed by atoms with Gasteiger partial charge in [-0.1, -0.05) is 13.3 Å². The van der Waals surface area contributed by atoms with Crippen molar-refractivity contribution in [2.24, 2.45) is 5.92 Å². The highest BCUT2D eigenvalue weighted by atomic mass is 16.5. The van der Waals surface area contributed by atoms with E-state index in [1.165, 1.54) is 12.8 Å². The molecular formula is C10H21NO. The van der Waals surface area contributed by atoms with Crippen LogP contribution in [0.4, 0.5) is 0 Å². The largest absolute Gasteiger partial charge is 0.374 e. The molecule has 1 aliphatic rings. The van der Waals surface area contributed by atoms with Gasteiger partial charge in [0.1, 0.15) is 0 Å². The van der Waals surface area contributed by atoms with E-state index in [1.54, 1.807) is 0 Å².